The maximum atomic E-state index is 13.3. The summed E-state index contributed by atoms with van der Waals surface area (Å²) in [6.45, 7) is 1.66. The normalized spacial score (nSPS) is 19.4. The molecule has 4 bridgehead atoms. The molecule has 0 saturated carbocycles. The van der Waals surface area contributed by atoms with Gasteiger partial charge in [-0.15, -0.1) is 0 Å². The second-order valence-corrected chi connectivity index (χ2v) is 10.5. The monoisotopic (exact) mass is 585 g/mol. The zero-order chi connectivity index (χ0) is 30.2. The van der Waals surface area contributed by atoms with E-state index >= 15 is 0 Å². The van der Waals surface area contributed by atoms with Gasteiger partial charge < -0.3 is 34.1 Å². The van der Waals surface area contributed by atoms with Crippen molar-refractivity contribution in [3.05, 3.63) is 77.5 Å². The summed E-state index contributed by atoms with van der Waals surface area (Å²) in [4.78, 5) is 34.6. The first-order valence-corrected chi connectivity index (χ1v) is 14.2. The van der Waals surface area contributed by atoms with Crippen molar-refractivity contribution in [3.63, 3.8) is 0 Å². The number of aryl methyl sites for hydroxylation is 1. The van der Waals surface area contributed by atoms with Crippen molar-refractivity contribution >= 4 is 17.6 Å². The lowest BCUT2D eigenvalue weighted by Gasteiger charge is -2.25. The molecule has 11 nitrogen and oxygen atoms in total. The molecule has 0 radical (unpaired) electrons. The van der Waals surface area contributed by atoms with E-state index in [1.54, 1.807) is 26.4 Å². The third-order valence-electron chi connectivity index (χ3n) is 7.48. The molecular formula is C32H35N5O6. The van der Waals surface area contributed by atoms with Gasteiger partial charge in [-0.05, 0) is 53.9 Å². The van der Waals surface area contributed by atoms with Crippen molar-refractivity contribution in [1.82, 2.24) is 15.2 Å². The molecule has 11 heteroatoms. The van der Waals surface area contributed by atoms with Gasteiger partial charge in [0.1, 0.15) is 23.3 Å². The first-order valence-electron chi connectivity index (χ1n) is 14.2. The van der Waals surface area contributed by atoms with E-state index in [1.807, 2.05) is 53.4 Å². The van der Waals surface area contributed by atoms with E-state index in [0.29, 0.717) is 54.9 Å². The number of benzene rings is 2. The Morgan fingerprint density at radius 3 is 2.72 bits per heavy atom. The fraction of sp³-hybridized carbons (Fsp3) is 0.375. The molecule has 5 rings (SSSR count). The molecule has 224 valence electrons. The van der Waals surface area contributed by atoms with Gasteiger partial charge in [-0.1, -0.05) is 24.3 Å². The van der Waals surface area contributed by atoms with Crippen molar-refractivity contribution in [2.24, 2.45) is 0 Å². The van der Waals surface area contributed by atoms with Crippen LogP contribution in [-0.4, -0.2) is 80.8 Å². The van der Waals surface area contributed by atoms with Crippen LogP contribution in [0.25, 0.3) is 0 Å². The Hall–Kier alpha value is -4.66. The smallest absolute Gasteiger partial charge is 0.239 e. The molecule has 1 saturated heterocycles. The minimum absolute atomic E-state index is 0.105. The number of methoxy groups -OCH3 is 2. The Balaban J connectivity index is 1.44. The molecular weight excluding hydrogens is 550 g/mol. The van der Waals surface area contributed by atoms with Gasteiger partial charge in [-0.2, -0.15) is 5.26 Å². The largest absolute Gasteiger partial charge is 0.493 e. The third kappa shape index (κ3) is 7.60. The van der Waals surface area contributed by atoms with Crippen LogP contribution in [0.2, 0.25) is 0 Å². The van der Waals surface area contributed by atoms with E-state index in [-0.39, 0.29) is 50.1 Å². The predicted molar refractivity (Wildman–Crippen MR) is 158 cm³/mol. The first-order chi connectivity index (χ1) is 20.9. The van der Waals surface area contributed by atoms with Gasteiger partial charge in [0.05, 0.1) is 39.0 Å². The van der Waals surface area contributed by atoms with Crippen molar-refractivity contribution in [3.8, 4) is 23.3 Å². The van der Waals surface area contributed by atoms with E-state index in [2.05, 4.69) is 16.4 Å². The van der Waals surface area contributed by atoms with Crippen LogP contribution in [0.1, 0.15) is 23.2 Å². The highest BCUT2D eigenvalue weighted by Crippen LogP contribution is 2.33. The molecule has 2 aliphatic rings. The van der Waals surface area contributed by atoms with E-state index < -0.39 is 0 Å². The van der Waals surface area contributed by atoms with Crippen LogP contribution in [0, 0.1) is 11.3 Å². The zero-order valence-corrected chi connectivity index (χ0v) is 24.3. The number of amides is 2. The van der Waals surface area contributed by atoms with Crippen LogP contribution in [0.3, 0.4) is 0 Å². The molecule has 1 N–H and O–H groups in total. The van der Waals surface area contributed by atoms with Crippen molar-refractivity contribution in [2.45, 2.75) is 31.6 Å². The van der Waals surface area contributed by atoms with Gasteiger partial charge in [0.15, 0.2) is 11.5 Å². The summed E-state index contributed by atoms with van der Waals surface area (Å²) in [6, 6.07) is 20.2. The summed E-state index contributed by atoms with van der Waals surface area (Å²) in [5.74, 6) is 1.93. The van der Waals surface area contributed by atoms with Crippen LogP contribution in [0.5, 0.6) is 17.2 Å². The number of anilines is 1. The molecule has 0 unspecified atom stereocenters. The number of carbonyl (C=O) groups is 2. The van der Waals surface area contributed by atoms with Crippen LogP contribution in [0.15, 0.2) is 60.7 Å². The van der Waals surface area contributed by atoms with Gasteiger partial charge in [0, 0.05) is 33.2 Å². The highest BCUT2D eigenvalue weighted by molar-refractivity contribution is 5.85. The highest BCUT2D eigenvalue weighted by Gasteiger charge is 2.36. The summed E-state index contributed by atoms with van der Waals surface area (Å²) in [6.07, 6.45) is 0.300. The Bertz CT molecular complexity index is 1490. The number of aromatic nitrogens is 1. The number of nitriles is 1. The lowest BCUT2D eigenvalue weighted by molar-refractivity contribution is -0.137. The molecule has 43 heavy (non-hydrogen) atoms. The van der Waals surface area contributed by atoms with E-state index in [0.717, 1.165) is 11.1 Å². The number of rotatable bonds is 5. The average Bonchev–Trinajstić information content (AvgIpc) is 3.43. The quantitative estimate of drug-likeness (QED) is 0.481. The Morgan fingerprint density at radius 2 is 1.91 bits per heavy atom. The van der Waals surface area contributed by atoms with E-state index in [9.17, 15) is 14.9 Å². The molecule has 3 heterocycles. The second-order valence-electron chi connectivity index (χ2n) is 10.5. The first kappa shape index (κ1) is 29.8. The molecule has 1 aromatic heterocycles. The number of carbonyl (C=O) groups excluding carboxylic acids is 2. The van der Waals surface area contributed by atoms with Gasteiger partial charge in [0.2, 0.25) is 11.8 Å². The molecule has 2 atom stereocenters. The minimum atomic E-state index is -0.375. The van der Waals surface area contributed by atoms with Gasteiger partial charge >= 0.3 is 0 Å². The summed E-state index contributed by atoms with van der Waals surface area (Å²) in [5.41, 5.74) is 2.12. The standard InChI is InChI=1S/C32H35N5O6/c1-40-14-13-36-20-31(38)35-26-18-37(30-8-4-6-24(17-33)34-30)19-29(26)42-21-23-5-3-7-25(15-23)43-28-16-22(10-12-32(36)39)9-11-27(28)41-2/h3-9,11,15-16,26,29H,10,12-14,18-21H2,1-2H3,(H,35,38)/t26-,29-/m0/s1. The fourth-order valence-corrected chi connectivity index (χ4v) is 5.24. The lowest BCUT2D eigenvalue weighted by atomic mass is 10.1. The molecule has 0 aliphatic carbocycles. The van der Waals surface area contributed by atoms with Crippen LogP contribution in [-0.2, 0) is 32.1 Å². The average molecular weight is 586 g/mol. The fourth-order valence-electron chi connectivity index (χ4n) is 5.24. The Morgan fingerprint density at radius 1 is 1.05 bits per heavy atom. The Labute approximate surface area is 250 Å². The molecule has 2 aromatic carbocycles. The molecule has 0 spiro atoms. The van der Waals surface area contributed by atoms with E-state index in [1.165, 1.54) is 4.90 Å². The number of pyridine rings is 1. The van der Waals surface area contributed by atoms with Crippen molar-refractivity contribution in [2.75, 3.05) is 51.9 Å². The van der Waals surface area contributed by atoms with Gasteiger partial charge in [0.25, 0.3) is 0 Å². The summed E-state index contributed by atoms with van der Waals surface area (Å²) in [7, 11) is 3.14. The van der Waals surface area contributed by atoms with E-state index in [4.69, 9.17) is 18.9 Å². The molecule has 2 amide bonds. The molecule has 3 aromatic rings. The molecule has 2 aliphatic heterocycles. The predicted octanol–water partition coefficient (Wildman–Crippen LogP) is 3.07. The highest BCUT2D eigenvalue weighted by atomic mass is 16.5. The minimum Gasteiger partial charge on any atom is -0.493 e. The number of fused-ring (bicyclic) bond motifs is 5. The Kier molecular flexibility index (Phi) is 9.71. The number of nitrogens with one attached hydrogen (secondary N) is 1. The van der Waals surface area contributed by atoms with Crippen LogP contribution < -0.4 is 19.7 Å². The van der Waals surface area contributed by atoms with Crippen LogP contribution in [0.4, 0.5) is 5.82 Å². The van der Waals surface area contributed by atoms with Gasteiger partial charge in [-0.3, -0.25) is 9.59 Å². The number of ether oxygens (including phenoxy) is 4. The zero-order valence-electron chi connectivity index (χ0n) is 24.3. The SMILES string of the molecule is COCCN1CC(=O)N[C@H]2CN(c3cccc(C#N)n3)C[C@@H]2OCc2cccc(c2)Oc2cc(ccc2OC)CCC1=O. The number of hydrogen-bond acceptors (Lipinski definition) is 9. The topological polar surface area (TPSA) is 126 Å². The maximum Gasteiger partial charge on any atom is 0.239 e. The summed E-state index contributed by atoms with van der Waals surface area (Å²) >= 11 is 0. The summed E-state index contributed by atoms with van der Waals surface area (Å²) in [5, 5.41) is 12.4. The maximum absolute atomic E-state index is 13.3. The lowest BCUT2D eigenvalue weighted by Crippen LogP contribution is -2.49. The third-order valence-corrected chi connectivity index (χ3v) is 7.48. The second kappa shape index (κ2) is 14.0. The number of hydrogen-bond donors (Lipinski definition) is 1. The number of nitrogens with zero attached hydrogens (tertiary/aromatic N) is 4. The van der Waals surface area contributed by atoms with Crippen molar-refractivity contribution in [1.29, 1.82) is 5.26 Å². The van der Waals surface area contributed by atoms with Crippen LogP contribution >= 0.6 is 0 Å². The van der Waals surface area contributed by atoms with Gasteiger partial charge in [-0.25, -0.2) is 4.98 Å². The van der Waals surface area contributed by atoms with Crippen molar-refractivity contribution < 1.29 is 28.5 Å². The molecule has 1 fully saturated rings. The summed E-state index contributed by atoms with van der Waals surface area (Å²) < 4.78 is 23.3.